The monoisotopic (exact) mass is 314 g/mol. The summed E-state index contributed by atoms with van der Waals surface area (Å²) in [4.78, 5) is 20.1. The highest BCUT2D eigenvalue weighted by Crippen LogP contribution is 2.27. The van der Waals surface area contributed by atoms with Crippen molar-refractivity contribution in [3.05, 3.63) is 64.6 Å². The molecule has 3 rings (SSSR count). The van der Waals surface area contributed by atoms with Crippen molar-refractivity contribution in [1.82, 2.24) is 4.98 Å². The molecule has 0 aliphatic carbocycles. The van der Waals surface area contributed by atoms with Crippen LogP contribution >= 0.6 is 11.6 Å². The minimum Gasteiger partial charge on any atom is -0.496 e. The molecule has 2 heterocycles. The molecule has 22 heavy (non-hydrogen) atoms. The van der Waals surface area contributed by atoms with E-state index in [1.54, 1.807) is 55.9 Å². The quantitative estimate of drug-likeness (QED) is 0.645. The van der Waals surface area contributed by atoms with Gasteiger partial charge < -0.3 is 9.47 Å². The first kappa shape index (κ1) is 14.3. The fourth-order valence-corrected chi connectivity index (χ4v) is 2.17. The lowest BCUT2D eigenvalue weighted by Crippen LogP contribution is -2.05. The van der Waals surface area contributed by atoms with E-state index in [9.17, 15) is 4.79 Å². The van der Waals surface area contributed by atoms with Crippen LogP contribution in [-0.4, -0.2) is 24.0 Å². The van der Waals surface area contributed by atoms with Gasteiger partial charge in [-0.2, -0.15) is 0 Å². The van der Waals surface area contributed by atoms with E-state index in [1.165, 1.54) is 0 Å². The number of methoxy groups -OCH3 is 1. The molecule has 1 aromatic heterocycles. The number of cyclic esters (lactones) is 1. The third kappa shape index (κ3) is 2.84. The van der Waals surface area contributed by atoms with Gasteiger partial charge in [0.25, 0.3) is 0 Å². The zero-order valence-corrected chi connectivity index (χ0v) is 12.4. The van der Waals surface area contributed by atoms with E-state index in [-0.39, 0.29) is 11.6 Å². The number of halogens is 1. The van der Waals surface area contributed by atoms with Crippen LogP contribution in [0.25, 0.3) is 6.08 Å². The first-order chi connectivity index (χ1) is 10.7. The average molecular weight is 315 g/mol. The maximum atomic E-state index is 12.0. The fourth-order valence-electron chi connectivity index (χ4n) is 1.99. The number of ether oxygens (including phenoxy) is 2. The second kappa shape index (κ2) is 5.99. The van der Waals surface area contributed by atoms with E-state index in [0.29, 0.717) is 21.9 Å². The van der Waals surface area contributed by atoms with E-state index >= 15 is 0 Å². The summed E-state index contributed by atoms with van der Waals surface area (Å²) >= 11 is 5.98. The third-order valence-electron chi connectivity index (χ3n) is 3.03. The molecule has 0 bridgehead atoms. The number of aliphatic imine (C=N–C) groups is 1. The second-order valence-corrected chi connectivity index (χ2v) is 4.89. The summed E-state index contributed by atoms with van der Waals surface area (Å²) in [5, 5.41) is 0.539. The van der Waals surface area contributed by atoms with Gasteiger partial charge in [-0.15, -0.1) is 0 Å². The maximum absolute atomic E-state index is 12.0. The molecule has 6 heteroatoms. The molecule has 0 radical (unpaired) electrons. The van der Waals surface area contributed by atoms with E-state index in [2.05, 4.69) is 9.98 Å². The minimum atomic E-state index is -0.520. The predicted molar refractivity (Wildman–Crippen MR) is 82.8 cm³/mol. The van der Waals surface area contributed by atoms with Gasteiger partial charge in [0.1, 0.15) is 5.75 Å². The summed E-state index contributed by atoms with van der Waals surface area (Å²) in [5.74, 6) is 0.325. The number of hydrogen-bond donors (Lipinski definition) is 0. The van der Waals surface area contributed by atoms with Crippen LogP contribution in [0, 0.1) is 0 Å². The van der Waals surface area contributed by atoms with Crippen LogP contribution < -0.4 is 4.74 Å². The Balaban J connectivity index is 2.00. The van der Waals surface area contributed by atoms with Crippen molar-refractivity contribution in [2.75, 3.05) is 7.11 Å². The van der Waals surface area contributed by atoms with Crippen molar-refractivity contribution in [1.29, 1.82) is 0 Å². The molecular weight excluding hydrogens is 304 g/mol. The van der Waals surface area contributed by atoms with Gasteiger partial charge in [0, 0.05) is 28.5 Å². The van der Waals surface area contributed by atoms with Gasteiger partial charge >= 0.3 is 5.97 Å². The van der Waals surface area contributed by atoms with Gasteiger partial charge in [0.15, 0.2) is 5.70 Å². The molecule has 0 amide bonds. The van der Waals surface area contributed by atoms with Gasteiger partial charge in [-0.25, -0.2) is 9.79 Å². The molecule has 0 saturated carbocycles. The third-order valence-corrected chi connectivity index (χ3v) is 3.27. The molecule has 2 aromatic rings. The molecule has 0 N–H and O–H groups in total. The summed E-state index contributed by atoms with van der Waals surface area (Å²) in [6.07, 6.45) is 4.79. The van der Waals surface area contributed by atoms with Crippen molar-refractivity contribution >= 4 is 29.5 Å². The summed E-state index contributed by atoms with van der Waals surface area (Å²) in [5.41, 5.74) is 1.53. The van der Waals surface area contributed by atoms with Gasteiger partial charge in [0.05, 0.1) is 7.11 Å². The van der Waals surface area contributed by atoms with Gasteiger partial charge in [-0.05, 0) is 36.4 Å². The highest BCUT2D eigenvalue weighted by Gasteiger charge is 2.24. The lowest BCUT2D eigenvalue weighted by Gasteiger charge is -2.04. The van der Waals surface area contributed by atoms with Crippen molar-refractivity contribution in [3.63, 3.8) is 0 Å². The molecule has 0 spiro atoms. The highest BCUT2D eigenvalue weighted by atomic mass is 35.5. The number of hydrogen-bond acceptors (Lipinski definition) is 5. The number of aromatic nitrogens is 1. The van der Waals surface area contributed by atoms with E-state index in [1.807, 2.05) is 0 Å². The van der Waals surface area contributed by atoms with Crippen LogP contribution in [-0.2, 0) is 9.53 Å². The number of rotatable bonds is 3. The Hall–Kier alpha value is -2.66. The first-order valence-electron chi connectivity index (χ1n) is 6.44. The lowest BCUT2D eigenvalue weighted by atomic mass is 10.1. The van der Waals surface area contributed by atoms with Crippen molar-refractivity contribution in [2.24, 2.45) is 4.99 Å². The fraction of sp³-hybridized carbons (Fsp3) is 0.0625. The molecule has 0 atom stereocenters. The molecule has 1 aliphatic rings. The summed E-state index contributed by atoms with van der Waals surface area (Å²) in [7, 11) is 1.55. The Kier molecular flexibility index (Phi) is 3.89. The van der Waals surface area contributed by atoms with Crippen LogP contribution in [0.3, 0.4) is 0 Å². The zero-order valence-electron chi connectivity index (χ0n) is 11.6. The Morgan fingerprint density at radius 3 is 2.73 bits per heavy atom. The number of esters is 1. The SMILES string of the molecule is COc1ccc(Cl)cc1/C=C1/N=C(c2ccncc2)OC1=O. The highest BCUT2D eigenvalue weighted by molar-refractivity contribution is 6.30. The topological polar surface area (TPSA) is 60.8 Å². The van der Waals surface area contributed by atoms with Crippen LogP contribution in [0.5, 0.6) is 5.75 Å². The Labute approximate surface area is 131 Å². The van der Waals surface area contributed by atoms with Crippen LogP contribution in [0.1, 0.15) is 11.1 Å². The van der Waals surface area contributed by atoms with Crippen LogP contribution in [0.4, 0.5) is 0 Å². The Morgan fingerprint density at radius 1 is 1.23 bits per heavy atom. The van der Waals surface area contributed by atoms with Gasteiger partial charge in [0.2, 0.25) is 5.90 Å². The smallest absolute Gasteiger partial charge is 0.363 e. The molecule has 5 nitrogen and oxygen atoms in total. The molecule has 0 saturated heterocycles. The summed E-state index contributed by atoms with van der Waals surface area (Å²) < 4.78 is 10.4. The summed E-state index contributed by atoms with van der Waals surface area (Å²) in [6.45, 7) is 0. The normalized spacial score (nSPS) is 15.6. The standard InChI is InChI=1S/C16H11ClN2O3/c1-21-14-3-2-12(17)8-11(14)9-13-16(20)22-15(19-13)10-4-6-18-7-5-10/h2-9H,1H3/b13-9+. The number of benzene rings is 1. The van der Waals surface area contributed by atoms with Gasteiger partial charge in [-0.3, -0.25) is 4.98 Å². The van der Waals surface area contributed by atoms with E-state index in [0.717, 1.165) is 0 Å². The average Bonchev–Trinajstić information content (AvgIpc) is 2.90. The molecule has 0 unspecified atom stereocenters. The largest absolute Gasteiger partial charge is 0.496 e. The maximum Gasteiger partial charge on any atom is 0.363 e. The number of carbonyl (C=O) groups excluding carboxylic acids is 1. The zero-order chi connectivity index (χ0) is 15.5. The molecule has 110 valence electrons. The first-order valence-corrected chi connectivity index (χ1v) is 6.81. The number of nitrogens with zero attached hydrogens (tertiary/aromatic N) is 2. The van der Waals surface area contributed by atoms with Crippen LogP contribution in [0.15, 0.2) is 53.4 Å². The van der Waals surface area contributed by atoms with Crippen molar-refractivity contribution in [2.45, 2.75) is 0 Å². The Bertz CT molecular complexity index is 785. The predicted octanol–water partition coefficient (Wildman–Crippen LogP) is 3.09. The molecular formula is C16H11ClN2O3. The molecule has 0 fully saturated rings. The molecule has 1 aromatic carbocycles. The van der Waals surface area contributed by atoms with Crippen molar-refractivity contribution < 1.29 is 14.3 Å². The number of carbonyl (C=O) groups is 1. The molecule has 1 aliphatic heterocycles. The summed E-state index contributed by atoms with van der Waals surface area (Å²) in [6, 6.07) is 8.56. The minimum absolute atomic E-state index is 0.187. The Morgan fingerprint density at radius 2 is 2.00 bits per heavy atom. The second-order valence-electron chi connectivity index (χ2n) is 4.46. The number of pyridine rings is 1. The van der Waals surface area contributed by atoms with Crippen molar-refractivity contribution in [3.8, 4) is 5.75 Å². The van der Waals surface area contributed by atoms with E-state index < -0.39 is 5.97 Å². The van der Waals surface area contributed by atoms with E-state index in [4.69, 9.17) is 21.1 Å². The van der Waals surface area contributed by atoms with Gasteiger partial charge in [-0.1, -0.05) is 11.6 Å². The lowest BCUT2D eigenvalue weighted by molar-refractivity contribution is -0.129. The van der Waals surface area contributed by atoms with Crippen LogP contribution in [0.2, 0.25) is 5.02 Å².